The van der Waals surface area contributed by atoms with E-state index >= 15 is 0 Å². The van der Waals surface area contributed by atoms with Crippen LogP contribution in [0, 0.1) is 11.6 Å². The summed E-state index contributed by atoms with van der Waals surface area (Å²) in [5, 5.41) is 0.970. The molecule has 3 heteroatoms. The molecule has 0 saturated heterocycles. The Kier molecular flexibility index (Phi) is 2.40. The Hall–Kier alpha value is -2.16. The molecule has 0 saturated carbocycles. The molecule has 90 valence electrons. The number of rotatable bonds is 1. The zero-order valence-corrected chi connectivity index (χ0v) is 9.82. The second-order valence-electron chi connectivity index (χ2n) is 4.24. The molecule has 3 aromatic rings. The van der Waals surface area contributed by atoms with Gasteiger partial charge in [0, 0.05) is 18.0 Å². The lowest BCUT2D eigenvalue weighted by Crippen LogP contribution is -1.96. The molecule has 0 bridgehead atoms. The monoisotopic (exact) mass is 243 g/mol. The summed E-state index contributed by atoms with van der Waals surface area (Å²) in [6, 6.07) is 13.4. The van der Waals surface area contributed by atoms with Crippen molar-refractivity contribution in [2.75, 3.05) is 0 Å². The first-order valence-electron chi connectivity index (χ1n) is 5.67. The van der Waals surface area contributed by atoms with E-state index in [1.165, 1.54) is 18.2 Å². The summed E-state index contributed by atoms with van der Waals surface area (Å²) < 4.78 is 29.4. The third-order valence-corrected chi connectivity index (χ3v) is 3.17. The van der Waals surface area contributed by atoms with E-state index < -0.39 is 11.6 Å². The molecule has 2 aromatic carbocycles. The molecule has 0 aliphatic heterocycles. The van der Waals surface area contributed by atoms with Crippen molar-refractivity contribution >= 4 is 10.9 Å². The Morgan fingerprint density at radius 2 is 1.56 bits per heavy atom. The number of aryl methyl sites for hydroxylation is 1. The van der Waals surface area contributed by atoms with Crippen LogP contribution >= 0.6 is 0 Å². The Morgan fingerprint density at radius 1 is 0.889 bits per heavy atom. The summed E-state index contributed by atoms with van der Waals surface area (Å²) in [6.45, 7) is 0. The minimum absolute atomic E-state index is 0.0243. The molecule has 0 spiro atoms. The highest BCUT2D eigenvalue weighted by Crippen LogP contribution is 2.30. The van der Waals surface area contributed by atoms with Crippen LogP contribution in [0.5, 0.6) is 0 Å². The van der Waals surface area contributed by atoms with E-state index in [0.717, 1.165) is 10.9 Å². The molecule has 0 radical (unpaired) electrons. The summed E-state index contributed by atoms with van der Waals surface area (Å²) in [6.07, 6.45) is 0. The van der Waals surface area contributed by atoms with Crippen molar-refractivity contribution in [1.82, 2.24) is 4.57 Å². The smallest absolute Gasteiger partial charge is 0.135 e. The first-order valence-corrected chi connectivity index (χ1v) is 5.67. The SMILES string of the molecule is Cn1c(-c2c(F)cccc2F)cc2ccccc21. The van der Waals surface area contributed by atoms with Crippen LogP contribution in [-0.2, 0) is 7.05 Å². The standard InChI is InChI=1S/C15H11F2N/c1-18-13-8-3-2-5-10(13)9-14(18)15-11(16)6-4-7-12(15)17/h2-9H,1H3. The van der Waals surface area contributed by atoms with Crippen LogP contribution in [0.1, 0.15) is 0 Å². The second-order valence-corrected chi connectivity index (χ2v) is 4.24. The quantitative estimate of drug-likeness (QED) is 0.605. The van der Waals surface area contributed by atoms with Crippen LogP contribution in [0.15, 0.2) is 48.5 Å². The fraction of sp³-hybridized carbons (Fsp3) is 0.0667. The molecule has 1 nitrogen and oxygen atoms in total. The van der Waals surface area contributed by atoms with Gasteiger partial charge < -0.3 is 4.57 Å². The molecule has 0 atom stereocenters. The number of para-hydroxylation sites is 1. The zero-order valence-electron chi connectivity index (χ0n) is 9.82. The van der Waals surface area contributed by atoms with Gasteiger partial charge in [-0.1, -0.05) is 24.3 Å². The Balaban J connectivity index is 2.36. The summed E-state index contributed by atoms with van der Waals surface area (Å²) in [5.74, 6) is -1.08. The minimum atomic E-state index is -0.541. The molecule has 1 heterocycles. The molecule has 18 heavy (non-hydrogen) atoms. The highest BCUT2D eigenvalue weighted by Gasteiger charge is 2.15. The first-order chi connectivity index (χ1) is 8.68. The van der Waals surface area contributed by atoms with Crippen molar-refractivity contribution in [1.29, 1.82) is 0 Å². The fourth-order valence-corrected chi connectivity index (χ4v) is 2.27. The van der Waals surface area contributed by atoms with Gasteiger partial charge in [-0.15, -0.1) is 0 Å². The van der Waals surface area contributed by atoms with Gasteiger partial charge in [0.05, 0.1) is 11.3 Å². The van der Waals surface area contributed by atoms with Gasteiger partial charge >= 0.3 is 0 Å². The van der Waals surface area contributed by atoms with Gasteiger partial charge in [0.2, 0.25) is 0 Å². The van der Waals surface area contributed by atoms with Gasteiger partial charge in [-0.2, -0.15) is 0 Å². The predicted molar refractivity (Wildman–Crippen MR) is 68.3 cm³/mol. The third kappa shape index (κ3) is 1.51. The lowest BCUT2D eigenvalue weighted by atomic mass is 10.1. The highest BCUT2D eigenvalue weighted by molar-refractivity contribution is 5.87. The van der Waals surface area contributed by atoms with Crippen molar-refractivity contribution in [2.45, 2.75) is 0 Å². The summed E-state index contributed by atoms with van der Waals surface area (Å²) >= 11 is 0. The van der Waals surface area contributed by atoms with E-state index in [1.54, 1.807) is 10.6 Å². The summed E-state index contributed by atoms with van der Waals surface area (Å²) in [7, 11) is 1.81. The number of nitrogens with zero attached hydrogens (tertiary/aromatic N) is 1. The van der Waals surface area contributed by atoms with Crippen LogP contribution in [0.4, 0.5) is 8.78 Å². The second kappa shape index (κ2) is 3.95. The van der Waals surface area contributed by atoms with Crippen LogP contribution in [0.3, 0.4) is 0 Å². The average molecular weight is 243 g/mol. The lowest BCUT2D eigenvalue weighted by Gasteiger charge is -2.06. The summed E-state index contributed by atoms with van der Waals surface area (Å²) in [4.78, 5) is 0. The van der Waals surface area contributed by atoms with Crippen molar-refractivity contribution in [3.05, 3.63) is 60.2 Å². The maximum Gasteiger partial charge on any atom is 0.135 e. The molecular weight excluding hydrogens is 232 g/mol. The molecule has 0 unspecified atom stereocenters. The number of halogens is 2. The van der Waals surface area contributed by atoms with Crippen LogP contribution in [0.25, 0.3) is 22.2 Å². The van der Waals surface area contributed by atoms with E-state index in [-0.39, 0.29) is 5.56 Å². The van der Waals surface area contributed by atoms with E-state index in [4.69, 9.17) is 0 Å². The number of benzene rings is 2. The topological polar surface area (TPSA) is 4.93 Å². The van der Waals surface area contributed by atoms with Gasteiger partial charge in [-0.3, -0.25) is 0 Å². The molecule has 3 rings (SSSR count). The third-order valence-electron chi connectivity index (χ3n) is 3.17. The number of hydrogen-bond donors (Lipinski definition) is 0. The minimum Gasteiger partial charge on any atom is -0.343 e. The van der Waals surface area contributed by atoms with Crippen molar-refractivity contribution < 1.29 is 8.78 Å². The van der Waals surface area contributed by atoms with Gasteiger partial charge in [0.15, 0.2) is 0 Å². The molecule has 0 aliphatic rings. The first kappa shape index (κ1) is 11.0. The Labute approximate surface area is 103 Å². The van der Waals surface area contributed by atoms with Crippen LogP contribution in [0.2, 0.25) is 0 Å². The molecule has 0 amide bonds. The Bertz CT molecular complexity index is 708. The number of fused-ring (bicyclic) bond motifs is 1. The van der Waals surface area contributed by atoms with Crippen molar-refractivity contribution in [3.63, 3.8) is 0 Å². The molecule has 0 N–H and O–H groups in total. The maximum absolute atomic E-state index is 13.8. The molecule has 0 fully saturated rings. The molecule has 1 aromatic heterocycles. The van der Waals surface area contributed by atoms with Crippen molar-refractivity contribution in [3.8, 4) is 11.3 Å². The summed E-state index contributed by atoms with van der Waals surface area (Å²) in [5.41, 5.74) is 1.53. The van der Waals surface area contributed by atoms with E-state index in [0.29, 0.717) is 5.69 Å². The van der Waals surface area contributed by atoms with Gasteiger partial charge in [-0.05, 0) is 24.3 Å². The maximum atomic E-state index is 13.8. The van der Waals surface area contributed by atoms with Gasteiger partial charge in [-0.25, -0.2) is 8.78 Å². The average Bonchev–Trinajstić information content (AvgIpc) is 2.68. The van der Waals surface area contributed by atoms with E-state index in [1.807, 2.05) is 31.3 Å². The zero-order chi connectivity index (χ0) is 12.7. The molecular formula is C15H11F2N. The predicted octanol–water partition coefficient (Wildman–Crippen LogP) is 4.12. The molecule has 0 aliphatic carbocycles. The highest BCUT2D eigenvalue weighted by atomic mass is 19.1. The van der Waals surface area contributed by atoms with E-state index in [2.05, 4.69) is 0 Å². The Morgan fingerprint density at radius 3 is 2.22 bits per heavy atom. The van der Waals surface area contributed by atoms with Crippen molar-refractivity contribution in [2.24, 2.45) is 7.05 Å². The fourth-order valence-electron chi connectivity index (χ4n) is 2.27. The van der Waals surface area contributed by atoms with Gasteiger partial charge in [0.1, 0.15) is 11.6 Å². The number of hydrogen-bond acceptors (Lipinski definition) is 0. The van der Waals surface area contributed by atoms with Crippen LogP contribution in [-0.4, -0.2) is 4.57 Å². The van der Waals surface area contributed by atoms with Gasteiger partial charge in [0.25, 0.3) is 0 Å². The number of aromatic nitrogens is 1. The lowest BCUT2D eigenvalue weighted by molar-refractivity contribution is 0.587. The van der Waals surface area contributed by atoms with E-state index in [9.17, 15) is 8.78 Å². The van der Waals surface area contributed by atoms with Crippen LogP contribution < -0.4 is 0 Å². The normalized spacial score (nSPS) is 11.1. The largest absolute Gasteiger partial charge is 0.343 e.